The minimum atomic E-state index is -5.95. The number of nitrogens with one attached hydrogen (secondary N) is 1. The summed E-state index contributed by atoms with van der Waals surface area (Å²) in [4.78, 5) is 23.5. The number of amides is 1. The van der Waals surface area contributed by atoms with Crippen molar-refractivity contribution in [1.29, 1.82) is 0 Å². The molecular formula is C24H30F3N5O5S. The molecule has 0 saturated carbocycles. The van der Waals surface area contributed by atoms with Crippen molar-refractivity contribution in [2.24, 2.45) is 0 Å². The van der Waals surface area contributed by atoms with Crippen molar-refractivity contribution in [1.82, 2.24) is 19.8 Å². The number of aryl methyl sites for hydroxylation is 2. The molecule has 0 aliphatic carbocycles. The molecule has 10 nitrogen and oxygen atoms in total. The highest BCUT2D eigenvalue weighted by Crippen LogP contribution is 2.33. The fourth-order valence-corrected chi connectivity index (χ4v) is 5.60. The highest BCUT2D eigenvalue weighted by Gasteiger charge is 2.49. The van der Waals surface area contributed by atoms with E-state index in [0.717, 1.165) is 11.1 Å². The fourth-order valence-electron chi connectivity index (χ4n) is 5.16. The first-order valence-corrected chi connectivity index (χ1v) is 13.6. The van der Waals surface area contributed by atoms with Crippen LogP contribution in [0.5, 0.6) is 5.88 Å². The first kappa shape index (κ1) is 27.9. The number of piperidine rings is 1. The number of likely N-dealkylation sites (tertiary alicyclic amines) is 1. The van der Waals surface area contributed by atoms with E-state index in [2.05, 4.69) is 24.4 Å². The van der Waals surface area contributed by atoms with Crippen LogP contribution in [0.4, 0.5) is 29.6 Å². The molecule has 1 amide bonds. The highest BCUT2D eigenvalue weighted by atomic mass is 32.2. The average molecular weight is 558 g/mol. The lowest BCUT2D eigenvalue weighted by molar-refractivity contribution is -0.0501. The lowest BCUT2D eigenvalue weighted by Gasteiger charge is -2.40. The molecule has 208 valence electrons. The van der Waals surface area contributed by atoms with Gasteiger partial charge in [0.1, 0.15) is 0 Å². The Morgan fingerprint density at radius 1 is 1.11 bits per heavy atom. The van der Waals surface area contributed by atoms with Gasteiger partial charge in [-0.3, -0.25) is 4.90 Å². The lowest BCUT2D eigenvalue weighted by atomic mass is 9.97. The summed E-state index contributed by atoms with van der Waals surface area (Å²) in [7, 11) is -5.95. The molecule has 2 aliphatic heterocycles. The molecule has 2 atom stereocenters. The predicted octanol–water partition coefficient (Wildman–Crippen LogP) is 4.00. The molecule has 2 aliphatic rings. The van der Waals surface area contributed by atoms with Crippen molar-refractivity contribution in [2.45, 2.75) is 64.0 Å². The standard InChI is InChI=1S/C24H30F3N5O5S/c1-14-10-15(2)12-17(11-14)28-22-29-20-6-8-31(18-4-9-32(23(33)34)16(3)13-18)7-5-19(20)21(30-22)37-38(35,36)24(25,26)27/h10-12,16,18H,4-9,13H2,1-3H3,(H,33,34)(H,28,29,30)/t16-,18?/m0/s1. The number of alkyl halides is 3. The van der Waals surface area contributed by atoms with Crippen LogP contribution in [-0.2, 0) is 23.0 Å². The second-order valence-corrected chi connectivity index (χ2v) is 11.3. The zero-order valence-corrected chi connectivity index (χ0v) is 22.1. The number of carbonyl (C=O) groups is 1. The number of aromatic nitrogens is 2. The molecule has 1 fully saturated rings. The van der Waals surface area contributed by atoms with E-state index >= 15 is 0 Å². The number of benzene rings is 1. The van der Waals surface area contributed by atoms with Crippen LogP contribution in [0.3, 0.4) is 0 Å². The van der Waals surface area contributed by atoms with Crippen LogP contribution in [-0.4, -0.2) is 76.6 Å². The SMILES string of the molecule is Cc1cc(C)cc(Nc2nc3c(c(OS(=O)(=O)C(F)(F)F)n2)CCN(C2CCN(C(=O)O)[C@@H](C)C2)CC3)c1. The molecule has 3 heterocycles. The molecule has 38 heavy (non-hydrogen) atoms. The summed E-state index contributed by atoms with van der Waals surface area (Å²) in [5.74, 6) is -0.715. The van der Waals surface area contributed by atoms with Gasteiger partial charge in [-0.2, -0.15) is 26.6 Å². The topological polar surface area (TPSA) is 125 Å². The Morgan fingerprint density at radius 3 is 2.37 bits per heavy atom. The summed E-state index contributed by atoms with van der Waals surface area (Å²) in [5.41, 5.74) is -2.52. The number of anilines is 2. The van der Waals surface area contributed by atoms with Gasteiger partial charge in [-0.1, -0.05) is 6.07 Å². The summed E-state index contributed by atoms with van der Waals surface area (Å²) in [6.45, 7) is 6.92. The van der Waals surface area contributed by atoms with Gasteiger partial charge in [0, 0.05) is 49.4 Å². The molecule has 1 aromatic heterocycles. The van der Waals surface area contributed by atoms with Crippen molar-refractivity contribution in [2.75, 3.05) is 25.0 Å². The molecule has 1 saturated heterocycles. The molecule has 4 rings (SSSR count). The van der Waals surface area contributed by atoms with Crippen molar-refractivity contribution in [3.63, 3.8) is 0 Å². The van der Waals surface area contributed by atoms with Crippen LogP contribution >= 0.6 is 0 Å². The van der Waals surface area contributed by atoms with Crippen molar-refractivity contribution in [3.8, 4) is 5.88 Å². The molecule has 2 N–H and O–H groups in total. The van der Waals surface area contributed by atoms with Crippen LogP contribution in [0.2, 0.25) is 0 Å². The molecule has 1 unspecified atom stereocenters. The van der Waals surface area contributed by atoms with E-state index in [0.29, 0.717) is 50.3 Å². The van der Waals surface area contributed by atoms with Gasteiger partial charge in [-0.15, -0.1) is 0 Å². The van der Waals surface area contributed by atoms with Gasteiger partial charge in [0.25, 0.3) is 0 Å². The first-order valence-electron chi connectivity index (χ1n) is 12.2. The minimum absolute atomic E-state index is 0.0685. The number of carboxylic acid groups (broad SMARTS) is 1. The van der Waals surface area contributed by atoms with E-state index in [4.69, 9.17) is 0 Å². The zero-order chi connectivity index (χ0) is 27.8. The maximum absolute atomic E-state index is 13.2. The third-order valence-electron chi connectivity index (χ3n) is 6.90. The highest BCUT2D eigenvalue weighted by molar-refractivity contribution is 7.87. The van der Waals surface area contributed by atoms with Gasteiger partial charge in [0.2, 0.25) is 11.8 Å². The smallest absolute Gasteiger partial charge is 0.465 e. The Hall–Kier alpha value is -3.13. The second-order valence-electron chi connectivity index (χ2n) is 9.80. The summed E-state index contributed by atoms with van der Waals surface area (Å²) in [5, 5.41) is 12.3. The Balaban J connectivity index is 1.63. The summed E-state index contributed by atoms with van der Waals surface area (Å²) < 4.78 is 67.9. The van der Waals surface area contributed by atoms with Gasteiger partial charge in [0.05, 0.1) is 5.69 Å². The fraction of sp³-hybridized carbons (Fsp3) is 0.542. The average Bonchev–Trinajstić information content (AvgIpc) is 3.00. The Morgan fingerprint density at radius 2 is 1.76 bits per heavy atom. The number of hydrogen-bond donors (Lipinski definition) is 2. The maximum atomic E-state index is 13.2. The third-order valence-corrected chi connectivity index (χ3v) is 7.84. The van der Waals surface area contributed by atoms with Gasteiger partial charge < -0.3 is 19.5 Å². The number of halogens is 3. The maximum Gasteiger partial charge on any atom is 0.534 e. The molecular weight excluding hydrogens is 527 g/mol. The van der Waals surface area contributed by atoms with E-state index in [9.17, 15) is 31.5 Å². The Kier molecular flexibility index (Phi) is 7.75. The van der Waals surface area contributed by atoms with Crippen molar-refractivity contribution >= 4 is 27.8 Å². The molecule has 1 aromatic carbocycles. The normalized spacial score (nSPS) is 20.9. The second kappa shape index (κ2) is 10.6. The van der Waals surface area contributed by atoms with Crippen LogP contribution in [0.15, 0.2) is 18.2 Å². The molecule has 0 bridgehead atoms. The quantitative estimate of drug-likeness (QED) is 0.415. The summed E-state index contributed by atoms with van der Waals surface area (Å²) >= 11 is 0. The van der Waals surface area contributed by atoms with Gasteiger partial charge in [-0.05, 0) is 63.3 Å². The number of rotatable bonds is 5. The van der Waals surface area contributed by atoms with Crippen LogP contribution in [0.25, 0.3) is 0 Å². The zero-order valence-electron chi connectivity index (χ0n) is 21.2. The van der Waals surface area contributed by atoms with E-state index in [1.165, 1.54) is 4.90 Å². The summed E-state index contributed by atoms with van der Waals surface area (Å²) in [6.07, 6.45) is 0.764. The third kappa shape index (κ3) is 6.12. The number of nitrogens with zero attached hydrogens (tertiary/aromatic N) is 4. The van der Waals surface area contributed by atoms with Crippen LogP contribution < -0.4 is 9.50 Å². The van der Waals surface area contributed by atoms with E-state index in [-0.39, 0.29) is 30.0 Å². The summed E-state index contributed by atoms with van der Waals surface area (Å²) in [6, 6.07) is 5.45. The molecule has 14 heteroatoms. The van der Waals surface area contributed by atoms with Crippen molar-refractivity contribution in [3.05, 3.63) is 40.6 Å². The van der Waals surface area contributed by atoms with E-state index in [1.807, 2.05) is 26.8 Å². The Bertz CT molecular complexity index is 1300. The predicted molar refractivity (Wildman–Crippen MR) is 133 cm³/mol. The molecule has 0 radical (unpaired) electrons. The largest absolute Gasteiger partial charge is 0.534 e. The number of fused-ring (bicyclic) bond motifs is 1. The van der Waals surface area contributed by atoms with E-state index < -0.39 is 27.6 Å². The minimum Gasteiger partial charge on any atom is -0.465 e. The van der Waals surface area contributed by atoms with Crippen LogP contribution in [0, 0.1) is 13.8 Å². The monoisotopic (exact) mass is 557 g/mol. The molecule has 2 aromatic rings. The first-order chi connectivity index (χ1) is 17.7. The van der Waals surface area contributed by atoms with Gasteiger partial charge in [0.15, 0.2) is 0 Å². The number of hydrogen-bond acceptors (Lipinski definition) is 8. The van der Waals surface area contributed by atoms with Crippen molar-refractivity contribution < 1.29 is 35.7 Å². The Labute approximate surface area is 218 Å². The lowest BCUT2D eigenvalue weighted by Crippen LogP contribution is -2.51. The van der Waals surface area contributed by atoms with Gasteiger partial charge in [-0.25, -0.2) is 9.78 Å². The van der Waals surface area contributed by atoms with Crippen LogP contribution in [0.1, 0.15) is 42.1 Å². The van der Waals surface area contributed by atoms with Gasteiger partial charge >= 0.3 is 21.7 Å². The van der Waals surface area contributed by atoms with E-state index in [1.54, 1.807) is 12.1 Å². The molecule has 0 spiro atoms.